The molecule has 3 nitrogen and oxygen atoms in total. The van der Waals surface area contributed by atoms with E-state index in [1.54, 1.807) is 0 Å². The maximum Gasteiger partial charge on any atom is 0.267 e. The van der Waals surface area contributed by atoms with Gasteiger partial charge in [0.1, 0.15) is 0 Å². The van der Waals surface area contributed by atoms with E-state index in [2.05, 4.69) is 4.18 Å². The van der Waals surface area contributed by atoms with Crippen LogP contribution in [0.5, 0.6) is 0 Å². The molecule has 63 valence electrons. The molecule has 0 aromatic rings. The van der Waals surface area contributed by atoms with Crippen molar-refractivity contribution in [2.45, 2.75) is 26.2 Å². The first kappa shape index (κ1) is 14.4. The summed E-state index contributed by atoms with van der Waals surface area (Å²) >= 11 is 0. The van der Waals surface area contributed by atoms with Crippen molar-refractivity contribution in [2.75, 3.05) is 12.9 Å². The molecule has 0 aliphatic heterocycles. The topological polar surface area (TPSA) is 43.4 Å². The van der Waals surface area contributed by atoms with E-state index in [9.17, 15) is 8.42 Å². The number of rotatable bonds is 5. The Morgan fingerprint density at radius 3 is 2.18 bits per heavy atom. The fourth-order valence-corrected chi connectivity index (χ4v) is 1.34. The van der Waals surface area contributed by atoms with Gasteiger partial charge in [0.15, 0.2) is 0 Å². The van der Waals surface area contributed by atoms with Crippen molar-refractivity contribution in [1.29, 1.82) is 0 Å². The van der Waals surface area contributed by atoms with E-state index < -0.39 is 10.1 Å². The monoisotopic (exact) mass is 189 g/mol. The molecule has 0 unspecified atom stereocenters. The Kier molecular flexibility index (Phi) is 9.91. The van der Waals surface area contributed by atoms with Crippen molar-refractivity contribution in [3.8, 4) is 0 Å². The summed E-state index contributed by atoms with van der Waals surface area (Å²) in [6.07, 6.45) is 2.68. The number of hydrogen-bond acceptors (Lipinski definition) is 3. The van der Waals surface area contributed by atoms with Crippen LogP contribution >= 0.6 is 0 Å². The summed E-state index contributed by atoms with van der Waals surface area (Å²) in [6, 6.07) is 0. The van der Waals surface area contributed by atoms with Crippen LogP contribution in [0.15, 0.2) is 0 Å². The zero-order valence-corrected chi connectivity index (χ0v) is 10.3. The summed E-state index contributed by atoms with van der Waals surface area (Å²) in [6.45, 7) is 2.03. The van der Waals surface area contributed by atoms with Crippen LogP contribution < -0.4 is 0 Å². The van der Waals surface area contributed by atoms with Crippen molar-refractivity contribution >= 4 is 39.7 Å². The molecule has 11 heavy (non-hydrogen) atoms. The average Bonchev–Trinajstić information content (AvgIpc) is 1.89. The maximum absolute atomic E-state index is 10.7. The second-order valence-corrected chi connectivity index (χ2v) is 3.99. The van der Waals surface area contributed by atoms with Crippen molar-refractivity contribution < 1.29 is 12.6 Å². The fraction of sp³-hybridized carbons (Fsp3) is 1.00. The normalized spacial score (nSPS) is 10.7. The van der Waals surface area contributed by atoms with Gasteiger partial charge in [0.2, 0.25) is 0 Å². The van der Waals surface area contributed by atoms with E-state index in [0.717, 1.165) is 12.8 Å². The third-order valence-corrected chi connectivity index (χ3v) is 2.55. The number of hydrogen-bond donors (Lipinski definition) is 0. The molecular weight excluding hydrogens is 175 g/mol. The third kappa shape index (κ3) is 8.82. The standard InChI is InChI=1S/C6H14O3S.Na/c1-3-4-5-6-10(7,8)9-2;/h3-6H2,1-2H3;. The molecule has 0 aromatic carbocycles. The summed E-state index contributed by atoms with van der Waals surface area (Å²) in [5, 5.41) is 0. The van der Waals surface area contributed by atoms with Crippen molar-refractivity contribution in [3.63, 3.8) is 0 Å². The van der Waals surface area contributed by atoms with E-state index in [-0.39, 0.29) is 35.3 Å². The molecule has 0 fully saturated rings. The van der Waals surface area contributed by atoms with Crippen LogP contribution in [0.25, 0.3) is 0 Å². The molecule has 0 aromatic heterocycles. The maximum atomic E-state index is 10.7. The molecule has 0 atom stereocenters. The van der Waals surface area contributed by atoms with E-state index in [4.69, 9.17) is 0 Å². The van der Waals surface area contributed by atoms with Gasteiger partial charge in [-0.1, -0.05) is 19.8 Å². The molecule has 0 aliphatic rings. The summed E-state index contributed by atoms with van der Waals surface area (Å²) in [5.74, 6) is 0.150. The fourth-order valence-electron chi connectivity index (χ4n) is 0.612. The molecule has 1 radical (unpaired) electrons. The van der Waals surface area contributed by atoms with E-state index in [1.165, 1.54) is 7.11 Å². The summed E-state index contributed by atoms with van der Waals surface area (Å²) in [4.78, 5) is 0. The van der Waals surface area contributed by atoms with Gasteiger partial charge in [0.05, 0.1) is 12.9 Å². The van der Waals surface area contributed by atoms with Crippen LogP contribution in [0.1, 0.15) is 26.2 Å². The van der Waals surface area contributed by atoms with Gasteiger partial charge < -0.3 is 0 Å². The molecular formula is C6H14NaO3S. The zero-order chi connectivity index (χ0) is 8.04. The zero-order valence-electron chi connectivity index (χ0n) is 7.46. The van der Waals surface area contributed by atoms with Gasteiger partial charge in [0.25, 0.3) is 10.1 Å². The molecule has 0 amide bonds. The molecule has 0 aliphatic carbocycles. The Morgan fingerprint density at radius 1 is 1.27 bits per heavy atom. The van der Waals surface area contributed by atoms with Crippen molar-refractivity contribution in [2.24, 2.45) is 0 Å². The van der Waals surface area contributed by atoms with Gasteiger partial charge in [-0.15, -0.1) is 0 Å². The van der Waals surface area contributed by atoms with Gasteiger partial charge in [-0.3, -0.25) is 4.18 Å². The molecule has 0 saturated carbocycles. The molecule has 0 rings (SSSR count). The number of unbranched alkanes of at least 4 members (excludes halogenated alkanes) is 2. The van der Waals surface area contributed by atoms with Crippen LogP contribution in [0, 0.1) is 0 Å². The first-order chi connectivity index (χ1) is 4.62. The minimum absolute atomic E-state index is 0. The molecule has 0 saturated heterocycles. The first-order valence-corrected chi connectivity index (χ1v) is 4.98. The van der Waals surface area contributed by atoms with Crippen LogP contribution in [0.4, 0.5) is 0 Å². The first-order valence-electron chi connectivity index (χ1n) is 3.40. The Labute approximate surface area is 90.9 Å². The van der Waals surface area contributed by atoms with Crippen LogP contribution in [-0.4, -0.2) is 50.8 Å². The minimum atomic E-state index is -3.19. The van der Waals surface area contributed by atoms with E-state index >= 15 is 0 Å². The molecule has 0 heterocycles. The molecule has 0 bridgehead atoms. The van der Waals surface area contributed by atoms with Crippen molar-refractivity contribution in [1.82, 2.24) is 0 Å². The van der Waals surface area contributed by atoms with Gasteiger partial charge in [-0.05, 0) is 6.42 Å². The second-order valence-electron chi connectivity index (χ2n) is 2.14. The average molecular weight is 189 g/mol. The smallest absolute Gasteiger partial charge is 0.267 e. The minimum Gasteiger partial charge on any atom is -0.273 e. The van der Waals surface area contributed by atoms with Gasteiger partial charge >= 0.3 is 0 Å². The molecule has 5 heteroatoms. The van der Waals surface area contributed by atoms with Gasteiger partial charge in [-0.2, -0.15) is 8.42 Å². The van der Waals surface area contributed by atoms with Crippen molar-refractivity contribution in [3.05, 3.63) is 0 Å². The Bertz CT molecular complexity index is 165. The van der Waals surface area contributed by atoms with Gasteiger partial charge in [0, 0.05) is 29.6 Å². The second kappa shape index (κ2) is 7.55. The van der Waals surface area contributed by atoms with Crippen LogP contribution in [0.2, 0.25) is 0 Å². The van der Waals surface area contributed by atoms with E-state index in [1.807, 2.05) is 6.92 Å². The Balaban J connectivity index is 0. The summed E-state index contributed by atoms with van der Waals surface area (Å²) < 4.78 is 25.6. The predicted octanol–water partition coefficient (Wildman–Crippen LogP) is 0.772. The van der Waals surface area contributed by atoms with E-state index in [0.29, 0.717) is 6.42 Å². The predicted molar refractivity (Wildman–Crippen MR) is 46.1 cm³/mol. The molecule has 0 spiro atoms. The quantitative estimate of drug-likeness (QED) is 0.364. The largest absolute Gasteiger partial charge is 0.273 e. The van der Waals surface area contributed by atoms with Crippen LogP contribution in [0.3, 0.4) is 0 Å². The van der Waals surface area contributed by atoms with Gasteiger partial charge in [-0.25, -0.2) is 0 Å². The molecule has 0 N–H and O–H groups in total. The summed E-state index contributed by atoms with van der Waals surface area (Å²) in [5.41, 5.74) is 0. The summed E-state index contributed by atoms with van der Waals surface area (Å²) in [7, 11) is -2.00. The Hall–Kier alpha value is 0.910. The SMILES string of the molecule is CCCCCS(=O)(=O)OC.[Na]. The Morgan fingerprint density at radius 2 is 1.82 bits per heavy atom. The third-order valence-electron chi connectivity index (χ3n) is 1.25. The van der Waals surface area contributed by atoms with Crippen LogP contribution in [-0.2, 0) is 14.3 Å².